The van der Waals surface area contributed by atoms with Crippen LogP contribution in [0.1, 0.15) is 20.8 Å². The fourth-order valence-corrected chi connectivity index (χ4v) is 2.83. The molecule has 1 aliphatic rings. The quantitative estimate of drug-likeness (QED) is 0.782. The lowest BCUT2D eigenvalue weighted by Gasteiger charge is -2.21. The summed E-state index contributed by atoms with van der Waals surface area (Å²) >= 11 is -1.70. The first-order valence-corrected chi connectivity index (χ1v) is 8.98. The van der Waals surface area contributed by atoms with Gasteiger partial charge in [-0.1, -0.05) is 39.1 Å². The van der Waals surface area contributed by atoms with E-state index in [1.807, 2.05) is 69.9 Å². The average molecular weight is 366 g/mol. The van der Waals surface area contributed by atoms with Gasteiger partial charge in [0.15, 0.2) is 0 Å². The normalized spacial score (nSPS) is 14.5. The maximum Gasteiger partial charge on any atom is 0.214 e. The number of hydrazone groups is 1. The Morgan fingerprint density at radius 3 is 2.44 bits per heavy atom. The summed E-state index contributed by atoms with van der Waals surface area (Å²) in [5.74, 6) is 1.73. The topological polar surface area (TPSA) is 60.4 Å². The number of hydrogen-bond acceptors (Lipinski definition) is 7. The first-order chi connectivity index (χ1) is 11.8. The van der Waals surface area contributed by atoms with Gasteiger partial charge < -0.3 is 9.80 Å². The lowest BCUT2D eigenvalue weighted by Crippen LogP contribution is -2.28. The predicted molar refractivity (Wildman–Crippen MR) is 104 cm³/mol. The van der Waals surface area contributed by atoms with Gasteiger partial charge in [-0.05, 0) is 19.1 Å². The maximum absolute atomic E-state index is 12.4. The minimum Gasteiger partial charge on any atom is -0.377 e. The van der Waals surface area contributed by atoms with Crippen molar-refractivity contribution in [2.24, 2.45) is 5.10 Å². The van der Waals surface area contributed by atoms with Crippen LogP contribution in [0.15, 0.2) is 59.1 Å². The van der Waals surface area contributed by atoms with Crippen molar-refractivity contribution in [1.29, 1.82) is 0 Å². The van der Waals surface area contributed by atoms with Crippen molar-refractivity contribution in [2.75, 3.05) is 26.0 Å². The molecule has 0 fully saturated rings. The van der Waals surface area contributed by atoms with Gasteiger partial charge in [-0.3, -0.25) is 0 Å². The molecule has 1 aliphatic heterocycles. The van der Waals surface area contributed by atoms with Crippen molar-refractivity contribution in [1.82, 2.24) is 15.4 Å². The number of amidine groups is 1. The Kier molecular flexibility index (Phi) is 7.66. The molecule has 0 saturated heterocycles. The highest BCUT2D eigenvalue weighted by Gasteiger charge is 2.24. The average Bonchev–Trinajstić information content (AvgIpc) is 2.88. The van der Waals surface area contributed by atoms with Gasteiger partial charge in [-0.25, -0.2) is 9.69 Å². The van der Waals surface area contributed by atoms with Crippen LogP contribution in [0.3, 0.4) is 0 Å². The lowest BCUT2D eigenvalue weighted by atomic mass is 10.3. The van der Waals surface area contributed by atoms with Gasteiger partial charge in [0.2, 0.25) is 11.1 Å². The summed E-state index contributed by atoms with van der Waals surface area (Å²) in [5.41, 5.74) is 3.40. The monoisotopic (exact) mass is 365 g/mol. The first kappa shape index (κ1) is 20.7. The molecule has 0 aromatic heterocycles. The zero-order valence-corrected chi connectivity index (χ0v) is 16.6. The number of hydroxylamine groups is 1. The molecule has 7 nitrogen and oxygen atoms in total. The van der Waals surface area contributed by atoms with E-state index in [1.165, 1.54) is 5.01 Å². The zero-order valence-electron chi connectivity index (χ0n) is 15.7. The van der Waals surface area contributed by atoms with Crippen LogP contribution >= 0.6 is 0 Å². The molecule has 0 aliphatic carbocycles. The van der Waals surface area contributed by atoms with Gasteiger partial charge in [0.05, 0.1) is 10.6 Å². The molecule has 8 heteroatoms. The highest BCUT2D eigenvalue weighted by Crippen LogP contribution is 2.23. The third-order valence-corrected chi connectivity index (χ3v) is 4.32. The molecule has 0 spiro atoms. The van der Waals surface area contributed by atoms with Gasteiger partial charge in [-0.2, -0.15) is 14.4 Å². The van der Waals surface area contributed by atoms with Crippen LogP contribution in [-0.2, 0) is 15.4 Å². The van der Waals surface area contributed by atoms with Crippen molar-refractivity contribution in [3.05, 3.63) is 49.1 Å². The summed E-state index contributed by atoms with van der Waals surface area (Å²) in [6.45, 7) is 13.6. The Morgan fingerprint density at radius 2 is 1.92 bits per heavy atom. The van der Waals surface area contributed by atoms with E-state index in [-0.39, 0.29) is 0 Å². The molecule has 1 heterocycles. The van der Waals surface area contributed by atoms with E-state index < -0.39 is 11.1 Å². The van der Waals surface area contributed by atoms with Gasteiger partial charge in [0.1, 0.15) is 17.5 Å². The number of nitrogens with one attached hydrogen (secondary N) is 1. The summed E-state index contributed by atoms with van der Waals surface area (Å²) in [5, 5.41) is 5.76. The highest BCUT2D eigenvalue weighted by atomic mass is 32.2. The van der Waals surface area contributed by atoms with Gasteiger partial charge in [0.25, 0.3) is 0 Å². The molecule has 1 aromatic rings. The third-order valence-electron chi connectivity index (χ3n) is 3.38. The Hall–Kier alpha value is -2.32. The second-order valence-electron chi connectivity index (χ2n) is 5.16. The molecule has 1 unspecified atom stereocenters. The van der Waals surface area contributed by atoms with Gasteiger partial charge >= 0.3 is 0 Å². The van der Waals surface area contributed by atoms with E-state index in [0.29, 0.717) is 16.5 Å². The van der Waals surface area contributed by atoms with E-state index in [9.17, 15) is 4.21 Å². The van der Waals surface area contributed by atoms with Crippen LogP contribution in [0.25, 0.3) is 0 Å². The van der Waals surface area contributed by atoms with Crippen LogP contribution in [0, 0.1) is 0 Å². The zero-order chi connectivity index (χ0) is 19.1. The maximum atomic E-state index is 12.4. The number of para-hydroxylation sites is 1. The van der Waals surface area contributed by atoms with Crippen molar-refractivity contribution in [2.45, 2.75) is 25.7 Å². The minimum absolute atomic E-state index is 0.328. The van der Waals surface area contributed by atoms with Crippen molar-refractivity contribution >= 4 is 22.6 Å². The first-order valence-electron chi connectivity index (χ1n) is 7.91. The van der Waals surface area contributed by atoms with E-state index in [0.717, 1.165) is 11.5 Å². The second-order valence-corrected chi connectivity index (χ2v) is 6.24. The van der Waals surface area contributed by atoms with Crippen molar-refractivity contribution in [3.63, 3.8) is 0 Å². The fraction of sp³-hybridized carbons (Fsp3) is 0.353. The Labute approximate surface area is 152 Å². The summed E-state index contributed by atoms with van der Waals surface area (Å²) < 4.78 is 17.6. The molecule has 138 valence electrons. The largest absolute Gasteiger partial charge is 0.377 e. The van der Waals surface area contributed by atoms with Crippen LogP contribution < -0.4 is 10.4 Å². The standard InChI is InChI=1S/C15H21N5O2S.C2H6/c1-11-16-20(13(3)19(11)6)12(2)17-22-23(21)15-10-8-7-9-14(15)18(4)5;1-2/h7-10,17H,2-3H2,1,4-6H3;1-2H3. The number of hydrogen-bond donors (Lipinski definition) is 1. The fourth-order valence-electron chi connectivity index (χ4n) is 1.96. The molecule has 0 amide bonds. The van der Waals surface area contributed by atoms with Crippen molar-refractivity contribution in [3.8, 4) is 0 Å². The van der Waals surface area contributed by atoms with Gasteiger partial charge in [0, 0.05) is 21.1 Å². The molecule has 1 atom stereocenters. The molecule has 1 aromatic carbocycles. The lowest BCUT2D eigenvalue weighted by molar-refractivity contribution is 0.208. The SMILES string of the molecule is C=C(NOS(=O)c1ccccc1N(C)C)N1N=C(C)N(C)C1=C.CC. The molecule has 0 radical (unpaired) electrons. The van der Waals surface area contributed by atoms with E-state index in [1.54, 1.807) is 6.07 Å². The number of anilines is 1. The molecule has 0 bridgehead atoms. The van der Waals surface area contributed by atoms with Gasteiger partial charge in [-0.15, -0.1) is 0 Å². The smallest absolute Gasteiger partial charge is 0.214 e. The Morgan fingerprint density at radius 1 is 1.32 bits per heavy atom. The van der Waals surface area contributed by atoms with E-state index >= 15 is 0 Å². The second kappa shape index (κ2) is 9.24. The Bertz CT molecular complexity index is 687. The molecular formula is C17H27N5O2S. The summed E-state index contributed by atoms with van der Waals surface area (Å²) in [6.07, 6.45) is 0. The molecule has 0 saturated carbocycles. The van der Waals surface area contributed by atoms with Crippen LogP contribution in [-0.4, -0.2) is 41.1 Å². The highest BCUT2D eigenvalue weighted by molar-refractivity contribution is 7.80. The van der Waals surface area contributed by atoms with E-state index in [4.69, 9.17) is 4.28 Å². The predicted octanol–water partition coefficient (Wildman–Crippen LogP) is 2.85. The molecule has 2 rings (SSSR count). The van der Waals surface area contributed by atoms with Crippen molar-refractivity contribution < 1.29 is 8.49 Å². The minimum atomic E-state index is -1.70. The Balaban J connectivity index is 0.00000151. The van der Waals surface area contributed by atoms with Crippen LogP contribution in [0.5, 0.6) is 0 Å². The molecular weight excluding hydrogens is 338 g/mol. The summed E-state index contributed by atoms with van der Waals surface area (Å²) in [6, 6.07) is 7.31. The molecule has 25 heavy (non-hydrogen) atoms. The van der Waals surface area contributed by atoms with E-state index in [2.05, 4.69) is 23.7 Å². The summed E-state index contributed by atoms with van der Waals surface area (Å²) in [7, 11) is 5.61. The van der Waals surface area contributed by atoms with Crippen LogP contribution in [0.4, 0.5) is 5.69 Å². The number of rotatable bonds is 6. The molecule has 1 N–H and O–H groups in total. The number of nitrogens with zero attached hydrogens (tertiary/aromatic N) is 4. The number of benzene rings is 1. The third kappa shape index (κ3) is 4.83. The van der Waals surface area contributed by atoms with Crippen LogP contribution in [0.2, 0.25) is 0 Å². The summed E-state index contributed by atoms with van der Waals surface area (Å²) in [4.78, 5) is 4.25.